The molecule has 2 fully saturated rings. The lowest BCUT2D eigenvalue weighted by Gasteiger charge is -2.36. The van der Waals surface area contributed by atoms with Gasteiger partial charge in [0.15, 0.2) is 0 Å². The molecule has 2 N–H and O–H groups in total. The first kappa shape index (κ1) is 21.3. The van der Waals surface area contributed by atoms with Crippen LogP contribution in [0.1, 0.15) is 44.2 Å². The number of nitrogens with zero attached hydrogens (tertiary/aromatic N) is 3. The number of nitrogens with one attached hydrogen (secondary N) is 2. The third-order valence-corrected chi connectivity index (χ3v) is 6.69. The van der Waals surface area contributed by atoms with Crippen molar-refractivity contribution in [3.8, 4) is 0 Å². The van der Waals surface area contributed by atoms with Crippen molar-refractivity contribution >= 4 is 5.52 Å². The minimum Gasteiger partial charge on any atom is -0.292 e. The Morgan fingerprint density at radius 3 is 2.73 bits per heavy atom. The number of aromatic nitrogens is 2. The zero-order chi connectivity index (χ0) is 21.6. The van der Waals surface area contributed by atoms with Gasteiger partial charge in [-0.05, 0) is 56.7 Å². The summed E-state index contributed by atoms with van der Waals surface area (Å²) in [5.41, 5.74) is 4.55. The lowest BCUT2D eigenvalue weighted by atomic mass is 9.76. The van der Waals surface area contributed by atoms with E-state index in [1.165, 1.54) is 23.0 Å². The number of imidazole rings is 1. The van der Waals surface area contributed by atoms with Crippen LogP contribution in [0.25, 0.3) is 5.52 Å². The lowest BCUT2D eigenvalue weighted by Crippen LogP contribution is -2.40. The summed E-state index contributed by atoms with van der Waals surface area (Å²) in [6.07, 6.45) is -0.886. The molecule has 2 aromatic heterocycles. The molecule has 1 aliphatic carbocycles. The monoisotopic (exact) mass is 429 g/mol. The second-order valence-corrected chi connectivity index (χ2v) is 8.62. The standard InChI is InChI=1S/C20H27F4N5O/c1-12(8-18-26-25-11-27(18)2)13-5-6-15(21)16(9-13)29-10-17-14(20(22,23)24)4-3-7-28(17)19(29)30/h3-4,7,10,12-13,15-16,18,25-26H,5-6,8-9,11H2,1-2H3. The Balaban J connectivity index is 1.60. The number of hydrogen-bond acceptors (Lipinski definition) is 4. The second kappa shape index (κ2) is 7.97. The van der Waals surface area contributed by atoms with E-state index in [4.69, 9.17) is 0 Å². The number of alkyl halides is 4. The number of halogens is 4. The Morgan fingerprint density at radius 1 is 1.30 bits per heavy atom. The molecule has 6 nitrogen and oxygen atoms in total. The van der Waals surface area contributed by atoms with Crippen LogP contribution >= 0.6 is 0 Å². The van der Waals surface area contributed by atoms with Crippen LogP contribution in [0.3, 0.4) is 0 Å². The number of hydrazine groups is 1. The van der Waals surface area contributed by atoms with Gasteiger partial charge in [-0.25, -0.2) is 20.0 Å². The zero-order valence-electron chi connectivity index (χ0n) is 17.0. The molecule has 5 unspecified atom stereocenters. The van der Waals surface area contributed by atoms with Crippen LogP contribution in [0, 0.1) is 11.8 Å². The van der Waals surface area contributed by atoms with Gasteiger partial charge < -0.3 is 0 Å². The average molecular weight is 429 g/mol. The van der Waals surface area contributed by atoms with Crippen molar-refractivity contribution in [2.75, 3.05) is 13.7 Å². The van der Waals surface area contributed by atoms with E-state index in [1.807, 2.05) is 7.05 Å². The molecule has 30 heavy (non-hydrogen) atoms. The molecule has 3 heterocycles. The normalized spacial score (nSPS) is 29.5. The molecule has 1 saturated heterocycles. The first-order chi connectivity index (χ1) is 14.2. The molecule has 5 atom stereocenters. The van der Waals surface area contributed by atoms with Crippen LogP contribution in [-0.4, -0.2) is 39.9 Å². The molecule has 1 saturated carbocycles. The zero-order valence-corrected chi connectivity index (χ0v) is 17.0. The third-order valence-electron chi connectivity index (χ3n) is 6.69. The molecular weight excluding hydrogens is 402 g/mol. The van der Waals surface area contributed by atoms with Crippen LogP contribution in [0.2, 0.25) is 0 Å². The summed E-state index contributed by atoms with van der Waals surface area (Å²) in [6, 6.07) is 1.38. The van der Waals surface area contributed by atoms with Gasteiger partial charge >= 0.3 is 11.9 Å². The van der Waals surface area contributed by atoms with E-state index in [0.29, 0.717) is 19.3 Å². The summed E-state index contributed by atoms with van der Waals surface area (Å²) in [6.45, 7) is 2.86. The van der Waals surface area contributed by atoms with Crippen LogP contribution in [0.15, 0.2) is 29.3 Å². The van der Waals surface area contributed by atoms with Gasteiger partial charge in [0.2, 0.25) is 0 Å². The van der Waals surface area contributed by atoms with Crippen molar-refractivity contribution in [3.05, 3.63) is 40.6 Å². The van der Waals surface area contributed by atoms with Crippen molar-refractivity contribution in [3.63, 3.8) is 0 Å². The molecule has 0 bridgehead atoms. The number of fused-ring (bicyclic) bond motifs is 1. The van der Waals surface area contributed by atoms with E-state index in [0.717, 1.165) is 23.6 Å². The molecule has 166 valence electrons. The minimum absolute atomic E-state index is 0.177. The predicted octanol–water partition coefficient (Wildman–Crippen LogP) is 3.15. The number of pyridine rings is 1. The van der Waals surface area contributed by atoms with Gasteiger partial charge in [-0.2, -0.15) is 13.2 Å². The molecule has 2 aliphatic rings. The van der Waals surface area contributed by atoms with Gasteiger partial charge in [-0.3, -0.25) is 13.9 Å². The molecule has 2 aromatic rings. The maximum Gasteiger partial charge on any atom is 0.418 e. The van der Waals surface area contributed by atoms with Crippen molar-refractivity contribution in [2.24, 2.45) is 11.8 Å². The van der Waals surface area contributed by atoms with Crippen LogP contribution in [0.4, 0.5) is 17.6 Å². The molecule has 1 aliphatic heterocycles. The highest BCUT2D eigenvalue weighted by Crippen LogP contribution is 2.40. The Labute approximate surface area is 171 Å². The van der Waals surface area contributed by atoms with E-state index >= 15 is 0 Å². The molecule has 4 rings (SSSR count). The molecule has 10 heteroatoms. The van der Waals surface area contributed by atoms with Crippen molar-refractivity contribution in [2.45, 2.75) is 57.2 Å². The molecule has 0 spiro atoms. The molecule has 0 aromatic carbocycles. The third kappa shape index (κ3) is 3.88. The summed E-state index contributed by atoms with van der Waals surface area (Å²) in [4.78, 5) is 15.0. The van der Waals surface area contributed by atoms with Crippen LogP contribution < -0.4 is 16.5 Å². The summed E-state index contributed by atoms with van der Waals surface area (Å²) in [5, 5.41) is 0. The smallest absolute Gasteiger partial charge is 0.292 e. The van der Waals surface area contributed by atoms with Crippen LogP contribution in [0.5, 0.6) is 0 Å². The van der Waals surface area contributed by atoms with E-state index in [2.05, 4.69) is 22.7 Å². The van der Waals surface area contributed by atoms with Gasteiger partial charge in [0.25, 0.3) is 0 Å². The Hall–Kier alpha value is -1.91. The summed E-state index contributed by atoms with van der Waals surface area (Å²) in [5.74, 6) is 0.466. The van der Waals surface area contributed by atoms with Gasteiger partial charge in [0.05, 0.1) is 30.0 Å². The summed E-state index contributed by atoms with van der Waals surface area (Å²) >= 11 is 0. The highest BCUT2D eigenvalue weighted by Gasteiger charge is 2.38. The van der Waals surface area contributed by atoms with Crippen molar-refractivity contribution in [1.29, 1.82) is 0 Å². The minimum atomic E-state index is -4.59. The fourth-order valence-electron chi connectivity index (χ4n) is 4.85. The Bertz CT molecular complexity index is 955. The Kier molecular flexibility index (Phi) is 5.67. The Morgan fingerprint density at radius 2 is 2.07 bits per heavy atom. The molecule has 0 amide bonds. The molecule has 0 radical (unpaired) electrons. The fraction of sp³-hybridized carbons (Fsp3) is 0.650. The quantitative estimate of drug-likeness (QED) is 0.734. The van der Waals surface area contributed by atoms with Gasteiger partial charge in [-0.1, -0.05) is 6.92 Å². The summed E-state index contributed by atoms with van der Waals surface area (Å²) < 4.78 is 57.1. The first-order valence-corrected chi connectivity index (χ1v) is 10.3. The van der Waals surface area contributed by atoms with Gasteiger partial charge in [0, 0.05) is 12.4 Å². The average Bonchev–Trinajstić information content (AvgIpc) is 3.24. The largest absolute Gasteiger partial charge is 0.418 e. The van der Waals surface area contributed by atoms with Gasteiger partial charge in [0.1, 0.15) is 6.17 Å². The highest BCUT2D eigenvalue weighted by molar-refractivity contribution is 5.55. The maximum atomic E-state index is 14.9. The fourth-order valence-corrected chi connectivity index (χ4v) is 4.85. The summed E-state index contributed by atoms with van der Waals surface area (Å²) in [7, 11) is 2.01. The van der Waals surface area contributed by atoms with Crippen molar-refractivity contribution in [1.82, 2.24) is 24.7 Å². The van der Waals surface area contributed by atoms with Gasteiger partial charge in [-0.15, -0.1) is 0 Å². The van der Waals surface area contributed by atoms with E-state index < -0.39 is 29.6 Å². The SMILES string of the molecule is CC(CC1NNCN1C)C1CCC(F)C(n2cc3c(C(F)(F)F)cccn3c2=O)C1. The van der Waals surface area contributed by atoms with E-state index in [9.17, 15) is 22.4 Å². The lowest BCUT2D eigenvalue weighted by molar-refractivity contribution is -0.136. The number of hydrogen-bond donors (Lipinski definition) is 2. The first-order valence-electron chi connectivity index (χ1n) is 10.3. The van der Waals surface area contributed by atoms with Crippen molar-refractivity contribution < 1.29 is 17.6 Å². The highest BCUT2D eigenvalue weighted by atomic mass is 19.4. The molecular formula is C20H27F4N5O. The number of rotatable bonds is 4. The van der Waals surface area contributed by atoms with E-state index in [-0.39, 0.29) is 23.5 Å². The van der Waals surface area contributed by atoms with Crippen LogP contribution in [-0.2, 0) is 6.18 Å². The maximum absolute atomic E-state index is 14.9. The predicted molar refractivity (Wildman–Crippen MR) is 104 cm³/mol. The second-order valence-electron chi connectivity index (χ2n) is 8.62. The topological polar surface area (TPSA) is 53.7 Å². The van der Waals surface area contributed by atoms with E-state index in [1.54, 1.807) is 0 Å².